The summed E-state index contributed by atoms with van der Waals surface area (Å²) in [4.78, 5) is 2.61. The van der Waals surface area contributed by atoms with Crippen LogP contribution in [-0.2, 0) is 21.7 Å². The lowest BCUT2D eigenvalue weighted by Crippen LogP contribution is -2.59. The van der Waals surface area contributed by atoms with Gasteiger partial charge in [-0.05, 0) is 134 Å². The molecule has 2 aliphatic rings. The maximum Gasteiger partial charge on any atom is 0.264 e. The number of thiophene rings is 1. The first-order chi connectivity index (χ1) is 30.8. The first-order valence-electron chi connectivity index (χ1n) is 23.5. The van der Waals surface area contributed by atoms with Crippen molar-refractivity contribution in [1.29, 1.82) is 0 Å². The highest BCUT2D eigenvalue weighted by molar-refractivity contribution is 7.33. The van der Waals surface area contributed by atoms with E-state index in [1.54, 1.807) is 0 Å². The van der Waals surface area contributed by atoms with E-state index in [-0.39, 0.29) is 28.4 Å². The van der Waals surface area contributed by atoms with Crippen molar-refractivity contribution in [2.75, 3.05) is 4.90 Å². The van der Waals surface area contributed by atoms with Crippen molar-refractivity contribution in [3.8, 4) is 11.4 Å². The Labute approximate surface area is 388 Å². The Bertz CT molecular complexity index is 3630. The van der Waals surface area contributed by atoms with Gasteiger partial charge < -0.3 is 14.0 Å². The molecule has 0 N–H and O–H groups in total. The van der Waals surface area contributed by atoms with E-state index in [1.807, 2.05) is 11.3 Å². The van der Waals surface area contributed by atoms with Crippen LogP contribution in [0.25, 0.3) is 65.1 Å². The van der Waals surface area contributed by atoms with Gasteiger partial charge in [-0.3, -0.25) is 0 Å². The zero-order valence-electron chi connectivity index (χ0n) is 40.0. The van der Waals surface area contributed by atoms with Gasteiger partial charge in [-0.2, -0.15) is 0 Å². The summed E-state index contributed by atoms with van der Waals surface area (Å²) in [6.07, 6.45) is 0. The average molecular weight is 864 g/mol. The molecule has 5 heterocycles. The molecule has 0 aliphatic carbocycles. The highest BCUT2D eigenvalue weighted by atomic mass is 32.1. The Hall–Kier alpha value is -6.04. The summed E-state index contributed by atoms with van der Waals surface area (Å²) in [5, 5.41) is 6.55. The maximum absolute atomic E-state index is 2.65. The molecule has 12 rings (SSSR count). The van der Waals surface area contributed by atoms with Crippen LogP contribution in [0.4, 0.5) is 17.1 Å². The Kier molecular flexibility index (Phi) is 8.28. The monoisotopic (exact) mass is 863 g/mol. The highest BCUT2D eigenvalue weighted by Crippen LogP contribution is 2.48. The second-order valence-corrected chi connectivity index (χ2v) is 24.2. The normalized spacial score (nSPS) is 14.1. The van der Waals surface area contributed by atoms with Crippen LogP contribution in [0, 0.1) is 0 Å². The molecule has 322 valence electrons. The third-order valence-corrected chi connectivity index (χ3v) is 15.9. The summed E-state index contributed by atoms with van der Waals surface area (Å²) in [7, 11) is 0. The largest absolute Gasteiger partial charge is 0.310 e. The minimum atomic E-state index is -0.0641. The van der Waals surface area contributed by atoms with E-state index in [9.17, 15) is 0 Å². The molecule has 7 aromatic carbocycles. The van der Waals surface area contributed by atoms with Gasteiger partial charge in [0.25, 0.3) is 6.71 Å². The van der Waals surface area contributed by atoms with E-state index in [2.05, 4.69) is 231 Å². The van der Waals surface area contributed by atoms with Crippen LogP contribution in [0.3, 0.4) is 0 Å². The fourth-order valence-corrected chi connectivity index (χ4v) is 12.4. The lowest BCUT2D eigenvalue weighted by molar-refractivity contribution is 0.590. The second kappa shape index (κ2) is 13.3. The van der Waals surface area contributed by atoms with Crippen molar-refractivity contribution in [1.82, 2.24) is 9.13 Å². The van der Waals surface area contributed by atoms with Crippen molar-refractivity contribution in [3.05, 3.63) is 156 Å². The molecule has 65 heavy (non-hydrogen) atoms. The molecule has 0 fully saturated rings. The van der Waals surface area contributed by atoms with Gasteiger partial charge >= 0.3 is 0 Å². The van der Waals surface area contributed by atoms with Crippen LogP contribution in [0.15, 0.2) is 133 Å². The molecular formula is C60H58BN3S. The molecule has 5 heteroatoms. The van der Waals surface area contributed by atoms with Gasteiger partial charge in [-0.25, -0.2) is 0 Å². The minimum absolute atomic E-state index is 0.0181. The summed E-state index contributed by atoms with van der Waals surface area (Å²) in [5.74, 6) is 0. The summed E-state index contributed by atoms with van der Waals surface area (Å²) >= 11 is 2.00. The van der Waals surface area contributed by atoms with E-state index in [0.29, 0.717) is 0 Å². The third kappa shape index (κ3) is 5.86. The third-order valence-electron chi connectivity index (χ3n) is 14.7. The van der Waals surface area contributed by atoms with Crippen LogP contribution >= 0.6 is 11.3 Å². The van der Waals surface area contributed by atoms with Crippen molar-refractivity contribution >= 4 is 105 Å². The fourth-order valence-electron chi connectivity index (χ4n) is 11.1. The molecule has 0 saturated heterocycles. The lowest BCUT2D eigenvalue weighted by atomic mass is 9.36. The molecule has 0 unspecified atom stereocenters. The standard InChI is InChI=1S/C60H58BN3S/c1-57(2,3)35-21-25-40(26-22-35)63-48-19-16-20-49-53(48)61(56-55(63)45-30-37(59(7,8)9)24-28-52(45)65-56)46-32-38(60(10,11)12)31-44-43-34-50-42(33-51(43)64(49)54(44)46)41-29-36(58(4,5)6)23-27-47(41)62(50)39-17-14-13-15-18-39/h13-34H,1-12H3. The van der Waals surface area contributed by atoms with Crippen molar-refractivity contribution in [2.45, 2.75) is 105 Å². The molecule has 10 aromatic rings. The predicted molar refractivity (Wildman–Crippen MR) is 285 cm³/mol. The summed E-state index contributed by atoms with van der Waals surface area (Å²) in [6, 6.07) is 52.1. The van der Waals surface area contributed by atoms with E-state index < -0.39 is 0 Å². The molecule has 0 saturated carbocycles. The maximum atomic E-state index is 2.65. The number of rotatable bonds is 2. The summed E-state index contributed by atoms with van der Waals surface area (Å²) < 4.78 is 7.91. The quantitative estimate of drug-likeness (QED) is 0.158. The molecule has 0 spiro atoms. The molecule has 2 aliphatic heterocycles. The van der Waals surface area contributed by atoms with Gasteiger partial charge in [0.15, 0.2) is 0 Å². The molecule has 0 amide bonds. The topological polar surface area (TPSA) is 13.1 Å². The average Bonchev–Trinajstić information content (AvgIpc) is 3.90. The number of anilines is 3. The van der Waals surface area contributed by atoms with Gasteiger partial charge in [0.1, 0.15) is 0 Å². The van der Waals surface area contributed by atoms with Crippen molar-refractivity contribution in [2.24, 2.45) is 0 Å². The first kappa shape index (κ1) is 40.5. The molecular weight excluding hydrogens is 806 g/mol. The number of nitrogens with zero attached hydrogens (tertiary/aromatic N) is 3. The van der Waals surface area contributed by atoms with Gasteiger partial charge in [0, 0.05) is 64.7 Å². The Morgan fingerprint density at radius 1 is 0.415 bits per heavy atom. The summed E-state index contributed by atoms with van der Waals surface area (Å²) in [6.45, 7) is 28.1. The number of fused-ring (bicyclic) bond motifs is 12. The fraction of sp³-hybridized carbons (Fsp3) is 0.267. The second-order valence-electron chi connectivity index (χ2n) is 23.1. The molecule has 0 bridgehead atoms. The Morgan fingerprint density at radius 2 is 0.969 bits per heavy atom. The van der Waals surface area contributed by atoms with E-state index >= 15 is 0 Å². The van der Waals surface area contributed by atoms with Crippen LogP contribution in [0.1, 0.15) is 105 Å². The number of hydrogen-bond acceptors (Lipinski definition) is 2. The number of hydrogen-bond donors (Lipinski definition) is 0. The molecule has 3 nitrogen and oxygen atoms in total. The molecule has 0 atom stereocenters. The highest BCUT2D eigenvalue weighted by Gasteiger charge is 2.45. The van der Waals surface area contributed by atoms with Gasteiger partial charge in [0.05, 0.1) is 22.2 Å². The van der Waals surface area contributed by atoms with E-state index in [4.69, 9.17) is 0 Å². The Balaban J connectivity index is 1.24. The zero-order valence-corrected chi connectivity index (χ0v) is 40.8. The zero-order chi connectivity index (χ0) is 45.3. The summed E-state index contributed by atoms with van der Waals surface area (Å²) in [5.41, 5.74) is 19.6. The smallest absolute Gasteiger partial charge is 0.264 e. The molecule has 3 aromatic heterocycles. The number of para-hydroxylation sites is 1. The predicted octanol–water partition coefficient (Wildman–Crippen LogP) is 14.9. The van der Waals surface area contributed by atoms with Gasteiger partial charge in [0.2, 0.25) is 0 Å². The van der Waals surface area contributed by atoms with Crippen LogP contribution in [-0.4, -0.2) is 15.8 Å². The first-order valence-corrected chi connectivity index (χ1v) is 24.4. The number of aromatic nitrogens is 2. The van der Waals surface area contributed by atoms with Crippen LogP contribution < -0.4 is 20.6 Å². The lowest BCUT2D eigenvalue weighted by Gasteiger charge is -2.39. The van der Waals surface area contributed by atoms with Gasteiger partial charge in [-0.1, -0.05) is 138 Å². The van der Waals surface area contributed by atoms with Gasteiger partial charge in [-0.15, -0.1) is 11.3 Å². The molecule has 0 radical (unpaired) electrons. The van der Waals surface area contributed by atoms with Crippen molar-refractivity contribution < 1.29 is 0 Å². The van der Waals surface area contributed by atoms with Crippen molar-refractivity contribution in [3.63, 3.8) is 0 Å². The SMILES string of the molecule is CC(C)(C)c1ccc(N2c3cccc4c3B(c3sc5ccc(C(C)(C)C)cc5c32)c2cc(C(C)(C)C)cc3c5cc6c(cc5n-4c23)c2cc(C(C)(C)C)ccc2n6-c2ccccc2)cc1. The van der Waals surface area contributed by atoms with E-state index in [1.165, 1.54) is 120 Å². The number of benzene rings is 7. The Morgan fingerprint density at radius 3 is 1.63 bits per heavy atom. The minimum Gasteiger partial charge on any atom is -0.310 e. The van der Waals surface area contributed by atoms with E-state index in [0.717, 1.165) is 0 Å². The van der Waals surface area contributed by atoms with Crippen LogP contribution in [0.5, 0.6) is 0 Å². The van der Waals surface area contributed by atoms with Crippen LogP contribution in [0.2, 0.25) is 0 Å².